The fraction of sp³-hybridized carbons (Fsp3) is 0.312. The lowest BCUT2D eigenvalue weighted by atomic mass is 10.1. The second kappa shape index (κ2) is 5.26. The summed E-state index contributed by atoms with van der Waals surface area (Å²) in [5.41, 5.74) is 8.91. The van der Waals surface area contributed by atoms with Crippen molar-refractivity contribution >= 4 is 11.6 Å². The molecule has 0 unspecified atom stereocenters. The smallest absolute Gasteiger partial charge is 0.268 e. The molecular formula is C16H19N3O2. The predicted octanol–water partition coefficient (Wildman–Crippen LogP) is 1.48. The van der Waals surface area contributed by atoms with Gasteiger partial charge in [-0.1, -0.05) is 24.3 Å². The molecule has 0 bridgehead atoms. The van der Waals surface area contributed by atoms with E-state index in [-0.39, 0.29) is 11.9 Å². The van der Waals surface area contributed by atoms with Gasteiger partial charge in [0.15, 0.2) is 0 Å². The monoisotopic (exact) mass is 285 g/mol. The molecule has 1 amide bonds. The van der Waals surface area contributed by atoms with Gasteiger partial charge in [-0.25, -0.2) is 0 Å². The van der Waals surface area contributed by atoms with Crippen LogP contribution >= 0.6 is 0 Å². The number of nitrogens with two attached hydrogens (primary N) is 1. The Morgan fingerprint density at radius 2 is 2.24 bits per heavy atom. The van der Waals surface area contributed by atoms with E-state index < -0.39 is 6.10 Å². The van der Waals surface area contributed by atoms with Gasteiger partial charge < -0.3 is 20.7 Å². The number of hydrogen-bond donors (Lipinski definition) is 3. The Balaban J connectivity index is 1.85. The van der Waals surface area contributed by atoms with Crippen LogP contribution in [0, 0.1) is 0 Å². The zero-order valence-corrected chi connectivity index (χ0v) is 11.9. The summed E-state index contributed by atoms with van der Waals surface area (Å²) in [7, 11) is 0. The third-order valence-electron chi connectivity index (χ3n) is 3.98. The van der Waals surface area contributed by atoms with Crippen LogP contribution in [-0.2, 0) is 13.0 Å². The fourth-order valence-corrected chi connectivity index (χ4v) is 2.95. The summed E-state index contributed by atoms with van der Waals surface area (Å²) in [5, 5.41) is 13.1. The molecule has 4 N–H and O–H groups in total. The number of aliphatic hydroxyl groups excluding tert-OH is 1. The first kappa shape index (κ1) is 13.7. The number of carbonyl (C=O) groups excluding carboxylic acids is 1. The van der Waals surface area contributed by atoms with Gasteiger partial charge in [0.1, 0.15) is 5.69 Å². The minimum Gasteiger partial charge on any atom is -0.397 e. The van der Waals surface area contributed by atoms with Crippen LogP contribution in [0.1, 0.15) is 34.6 Å². The maximum atomic E-state index is 12.5. The highest BCUT2D eigenvalue weighted by molar-refractivity contribution is 5.94. The van der Waals surface area contributed by atoms with E-state index in [9.17, 15) is 9.90 Å². The number of amides is 1. The fourth-order valence-electron chi connectivity index (χ4n) is 2.95. The number of rotatable bonds is 3. The van der Waals surface area contributed by atoms with Crippen LogP contribution in [-0.4, -0.2) is 21.7 Å². The van der Waals surface area contributed by atoms with Crippen molar-refractivity contribution in [3.8, 4) is 0 Å². The quantitative estimate of drug-likeness (QED) is 0.799. The van der Waals surface area contributed by atoms with Gasteiger partial charge in [0, 0.05) is 19.2 Å². The molecule has 110 valence electrons. The average Bonchev–Trinajstić information content (AvgIpc) is 3.00. The molecular weight excluding hydrogens is 266 g/mol. The predicted molar refractivity (Wildman–Crippen MR) is 80.9 cm³/mol. The molecule has 0 fully saturated rings. The van der Waals surface area contributed by atoms with Gasteiger partial charge in [-0.2, -0.15) is 0 Å². The van der Waals surface area contributed by atoms with Crippen LogP contribution in [0.15, 0.2) is 36.5 Å². The van der Waals surface area contributed by atoms with E-state index >= 15 is 0 Å². The molecule has 0 radical (unpaired) electrons. The summed E-state index contributed by atoms with van der Waals surface area (Å²) in [5.74, 6) is -0.214. The number of fused-ring (bicyclic) bond motifs is 1. The molecule has 1 aromatic heterocycles. The van der Waals surface area contributed by atoms with Crippen LogP contribution in [0.2, 0.25) is 0 Å². The molecule has 2 atom stereocenters. The topological polar surface area (TPSA) is 80.3 Å². The summed E-state index contributed by atoms with van der Waals surface area (Å²) in [6.07, 6.45) is 1.72. The molecule has 0 saturated heterocycles. The molecule has 5 nitrogen and oxygen atoms in total. The van der Waals surface area contributed by atoms with Crippen molar-refractivity contribution in [1.82, 2.24) is 9.88 Å². The lowest BCUT2D eigenvalue weighted by molar-refractivity contribution is 0.0849. The van der Waals surface area contributed by atoms with Crippen molar-refractivity contribution < 1.29 is 9.90 Å². The zero-order chi connectivity index (χ0) is 15.0. The number of carbonyl (C=O) groups is 1. The second-order valence-corrected chi connectivity index (χ2v) is 5.37. The molecule has 0 aliphatic heterocycles. The molecule has 1 aliphatic carbocycles. The summed E-state index contributed by atoms with van der Waals surface area (Å²) in [6, 6.07) is 9.09. The van der Waals surface area contributed by atoms with Crippen molar-refractivity contribution in [2.24, 2.45) is 0 Å². The van der Waals surface area contributed by atoms with Crippen molar-refractivity contribution in [3.63, 3.8) is 0 Å². The van der Waals surface area contributed by atoms with E-state index in [0.29, 0.717) is 24.3 Å². The summed E-state index contributed by atoms with van der Waals surface area (Å²) in [6.45, 7) is 2.62. The third-order valence-corrected chi connectivity index (χ3v) is 3.98. The van der Waals surface area contributed by atoms with Gasteiger partial charge in [0.25, 0.3) is 5.91 Å². The van der Waals surface area contributed by atoms with Crippen molar-refractivity contribution in [2.75, 3.05) is 5.73 Å². The molecule has 0 saturated carbocycles. The van der Waals surface area contributed by atoms with E-state index in [0.717, 1.165) is 11.1 Å². The highest BCUT2D eigenvalue weighted by atomic mass is 16.3. The summed E-state index contributed by atoms with van der Waals surface area (Å²) >= 11 is 0. The minimum atomic E-state index is -0.589. The standard InChI is InChI=1S/C16H19N3O2/c1-2-19-9-11(17)8-13(19)16(21)18-15-12-6-4-3-5-10(12)7-14(15)20/h3-6,8-9,14-15,20H,2,7,17H2,1H3,(H,18,21)/t14-,15+/m0/s1. The molecule has 1 aromatic carbocycles. The van der Waals surface area contributed by atoms with Gasteiger partial charge >= 0.3 is 0 Å². The van der Waals surface area contributed by atoms with Crippen LogP contribution in [0.3, 0.4) is 0 Å². The van der Waals surface area contributed by atoms with E-state index in [4.69, 9.17) is 5.73 Å². The molecule has 3 rings (SSSR count). The van der Waals surface area contributed by atoms with Gasteiger partial charge in [-0.05, 0) is 24.1 Å². The number of aromatic nitrogens is 1. The van der Waals surface area contributed by atoms with Gasteiger partial charge in [-0.3, -0.25) is 4.79 Å². The number of benzene rings is 1. The average molecular weight is 285 g/mol. The number of aryl methyl sites for hydroxylation is 1. The third kappa shape index (κ3) is 2.40. The Bertz CT molecular complexity index is 678. The number of aliphatic hydroxyl groups is 1. The Hall–Kier alpha value is -2.27. The van der Waals surface area contributed by atoms with E-state index in [1.54, 1.807) is 16.8 Å². The minimum absolute atomic E-state index is 0.214. The molecule has 2 aromatic rings. The summed E-state index contributed by atoms with van der Waals surface area (Å²) < 4.78 is 1.80. The Kier molecular flexibility index (Phi) is 3.43. The largest absolute Gasteiger partial charge is 0.397 e. The van der Waals surface area contributed by atoms with Gasteiger partial charge in [0.05, 0.1) is 17.8 Å². The van der Waals surface area contributed by atoms with Crippen molar-refractivity contribution in [1.29, 1.82) is 0 Å². The van der Waals surface area contributed by atoms with Crippen molar-refractivity contribution in [3.05, 3.63) is 53.3 Å². The number of nitrogen functional groups attached to an aromatic ring is 1. The number of hydrogen-bond acceptors (Lipinski definition) is 3. The Morgan fingerprint density at radius 1 is 1.48 bits per heavy atom. The zero-order valence-electron chi connectivity index (χ0n) is 11.9. The normalized spacial score (nSPS) is 20.3. The van der Waals surface area contributed by atoms with Crippen LogP contribution < -0.4 is 11.1 Å². The second-order valence-electron chi connectivity index (χ2n) is 5.37. The highest BCUT2D eigenvalue weighted by Gasteiger charge is 2.32. The number of nitrogens with zero attached hydrogens (tertiary/aromatic N) is 1. The highest BCUT2D eigenvalue weighted by Crippen LogP contribution is 2.31. The van der Waals surface area contributed by atoms with E-state index in [1.807, 2.05) is 31.2 Å². The maximum Gasteiger partial charge on any atom is 0.268 e. The first-order valence-corrected chi connectivity index (χ1v) is 7.12. The Labute approximate surface area is 123 Å². The van der Waals surface area contributed by atoms with E-state index in [2.05, 4.69) is 5.32 Å². The maximum absolute atomic E-state index is 12.5. The number of anilines is 1. The summed E-state index contributed by atoms with van der Waals surface area (Å²) in [4.78, 5) is 12.5. The lowest BCUT2D eigenvalue weighted by Gasteiger charge is -2.18. The molecule has 21 heavy (non-hydrogen) atoms. The first-order chi connectivity index (χ1) is 10.1. The van der Waals surface area contributed by atoms with Gasteiger partial charge in [0.2, 0.25) is 0 Å². The molecule has 5 heteroatoms. The lowest BCUT2D eigenvalue weighted by Crippen LogP contribution is -2.34. The molecule has 1 aliphatic rings. The van der Waals surface area contributed by atoms with Crippen LogP contribution in [0.4, 0.5) is 5.69 Å². The first-order valence-electron chi connectivity index (χ1n) is 7.12. The Morgan fingerprint density at radius 3 is 3.00 bits per heavy atom. The van der Waals surface area contributed by atoms with Crippen LogP contribution in [0.5, 0.6) is 0 Å². The van der Waals surface area contributed by atoms with Crippen molar-refractivity contribution in [2.45, 2.75) is 32.0 Å². The molecule has 0 spiro atoms. The SMILES string of the molecule is CCn1cc(N)cc1C(=O)N[C@@H]1c2ccccc2C[C@@H]1O. The van der Waals surface area contributed by atoms with Crippen LogP contribution in [0.25, 0.3) is 0 Å². The van der Waals surface area contributed by atoms with E-state index in [1.165, 1.54) is 0 Å². The van der Waals surface area contributed by atoms with Gasteiger partial charge in [-0.15, -0.1) is 0 Å². The molecule has 1 heterocycles. The number of nitrogens with one attached hydrogen (secondary N) is 1.